The van der Waals surface area contributed by atoms with Crippen LogP contribution in [-0.2, 0) is 17.6 Å². The lowest BCUT2D eigenvalue weighted by Crippen LogP contribution is -2.32. The standard InChI is InChI=1S/C12H10N2O/c13-8-12(14-9-15)6-5-10-3-1-2-4-11(10)7-12/h1-4H,5-7H2. The molecule has 0 saturated heterocycles. The molecule has 0 saturated carbocycles. The number of nitrogens with zero attached hydrogens (tertiary/aromatic N) is 2. The van der Waals surface area contributed by atoms with E-state index in [0.29, 0.717) is 12.8 Å². The fraction of sp³-hybridized carbons (Fsp3) is 0.333. The molecule has 0 N–H and O–H groups in total. The summed E-state index contributed by atoms with van der Waals surface area (Å²) in [6.07, 6.45) is 3.44. The minimum atomic E-state index is -0.879. The molecule has 0 aliphatic heterocycles. The third-order valence-corrected chi connectivity index (χ3v) is 2.88. The van der Waals surface area contributed by atoms with Gasteiger partial charge in [0.1, 0.15) is 0 Å². The Balaban J connectivity index is 2.40. The summed E-state index contributed by atoms with van der Waals surface area (Å²) in [7, 11) is 0. The second-order valence-corrected chi connectivity index (χ2v) is 3.79. The third kappa shape index (κ3) is 1.68. The number of fused-ring (bicyclic) bond motifs is 1. The van der Waals surface area contributed by atoms with Crippen LogP contribution in [0.25, 0.3) is 0 Å². The minimum absolute atomic E-state index is 0.523. The lowest BCUT2D eigenvalue weighted by molar-refractivity contribution is 0.464. The van der Waals surface area contributed by atoms with Crippen LogP contribution in [0, 0.1) is 11.3 Å². The van der Waals surface area contributed by atoms with Crippen molar-refractivity contribution < 1.29 is 4.79 Å². The zero-order valence-electron chi connectivity index (χ0n) is 8.23. The predicted molar refractivity (Wildman–Crippen MR) is 54.9 cm³/mol. The van der Waals surface area contributed by atoms with Gasteiger partial charge >= 0.3 is 0 Å². The molecule has 1 atom stereocenters. The highest BCUT2D eigenvalue weighted by Gasteiger charge is 2.34. The van der Waals surface area contributed by atoms with Gasteiger partial charge in [0, 0.05) is 6.42 Å². The first kappa shape index (κ1) is 9.64. The molecule has 3 heteroatoms. The molecule has 0 radical (unpaired) electrons. The van der Waals surface area contributed by atoms with Gasteiger partial charge in [-0.25, -0.2) is 4.79 Å². The molecule has 0 heterocycles. The predicted octanol–water partition coefficient (Wildman–Crippen LogP) is 1.77. The molecule has 0 bridgehead atoms. The number of aliphatic imine (C=N–C) groups is 1. The van der Waals surface area contributed by atoms with Crippen molar-refractivity contribution in [2.75, 3.05) is 0 Å². The quantitative estimate of drug-likeness (QED) is 0.510. The smallest absolute Gasteiger partial charge is 0.211 e. The van der Waals surface area contributed by atoms with Crippen LogP contribution in [0.4, 0.5) is 0 Å². The number of benzene rings is 1. The summed E-state index contributed by atoms with van der Waals surface area (Å²) in [5, 5.41) is 9.08. The van der Waals surface area contributed by atoms with E-state index in [4.69, 9.17) is 5.26 Å². The van der Waals surface area contributed by atoms with Crippen LogP contribution in [0.5, 0.6) is 0 Å². The van der Waals surface area contributed by atoms with E-state index in [0.717, 1.165) is 12.0 Å². The van der Waals surface area contributed by atoms with E-state index in [9.17, 15) is 4.79 Å². The highest BCUT2D eigenvalue weighted by Crippen LogP contribution is 2.30. The van der Waals surface area contributed by atoms with E-state index < -0.39 is 5.54 Å². The Morgan fingerprint density at radius 1 is 1.33 bits per heavy atom. The SMILES string of the molecule is N#CC1(N=C=O)CCc2ccccc2C1. The summed E-state index contributed by atoms with van der Waals surface area (Å²) in [6.45, 7) is 0. The van der Waals surface area contributed by atoms with Crippen molar-refractivity contribution in [3.63, 3.8) is 0 Å². The van der Waals surface area contributed by atoms with Gasteiger partial charge in [-0.15, -0.1) is 0 Å². The fourth-order valence-corrected chi connectivity index (χ4v) is 2.02. The number of nitriles is 1. The van der Waals surface area contributed by atoms with Crippen LogP contribution < -0.4 is 0 Å². The number of hydrogen-bond acceptors (Lipinski definition) is 3. The molecule has 1 aliphatic rings. The van der Waals surface area contributed by atoms with Gasteiger partial charge in [0.05, 0.1) is 6.07 Å². The van der Waals surface area contributed by atoms with Crippen molar-refractivity contribution in [1.29, 1.82) is 5.26 Å². The van der Waals surface area contributed by atoms with Crippen LogP contribution in [0.2, 0.25) is 0 Å². The molecular weight excluding hydrogens is 188 g/mol. The van der Waals surface area contributed by atoms with E-state index in [1.165, 1.54) is 11.6 Å². The zero-order valence-corrected chi connectivity index (χ0v) is 8.23. The second-order valence-electron chi connectivity index (χ2n) is 3.79. The maximum atomic E-state index is 10.3. The van der Waals surface area contributed by atoms with Crippen molar-refractivity contribution in [2.45, 2.75) is 24.8 Å². The Bertz CT molecular complexity index is 469. The van der Waals surface area contributed by atoms with Crippen molar-refractivity contribution in [3.05, 3.63) is 35.4 Å². The van der Waals surface area contributed by atoms with Gasteiger partial charge in [-0.2, -0.15) is 10.3 Å². The molecule has 2 rings (SSSR count). The second kappa shape index (κ2) is 3.68. The van der Waals surface area contributed by atoms with Crippen LogP contribution in [-0.4, -0.2) is 11.6 Å². The molecule has 1 aliphatic carbocycles. The molecule has 3 nitrogen and oxygen atoms in total. The first-order valence-corrected chi connectivity index (χ1v) is 4.87. The maximum absolute atomic E-state index is 10.3. The van der Waals surface area contributed by atoms with E-state index in [1.807, 2.05) is 18.2 Å². The van der Waals surface area contributed by atoms with Crippen LogP contribution in [0.1, 0.15) is 17.5 Å². The van der Waals surface area contributed by atoms with Crippen molar-refractivity contribution in [3.8, 4) is 6.07 Å². The number of rotatable bonds is 1. The number of carbonyl (C=O) groups excluding carboxylic acids is 1. The molecule has 1 aromatic rings. The molecule has 15 heavy (non-hydrogen) atoms. The minimum Gasteiger partial charge on any atom is -0.211 e. The fourth-order valence-electron chi connectivity index (χ4n) is 2.02. The first-order valence-electron chi connectivity index (χ1n) is 4.87. The summed E-state index contributed by atoms with van der Waals surface area (Å²) < 4.78 is 0. The van der Waals surface area contributed by atoms with Gasteiger partial charge in [-0.3, -0.25) is 0 Å². The van der Waals surface area contributed by atoms with E-state index in [2.05, 4.69) is 17.1 Å². The van der Waals surface area contributed by atoms with E-state index >= 15 is 0 Å². The molecule has 0 spiro atoms. The summed E-state index contributed by atoms with van der Waals surface area (Å²) in [4.78, 5) is 14.0. The largest absolute Gasteiger partial charge is 0.236 e. The Morgan fingerprint density at radius 2 is 2.07 bits per heavy atom. The Labute approximate surface area is 88.1 Å². The van der Waals surface area contributed by atoms with Gasteiger partial charge < -0.3 is 0 Å². The normalized spacial score (nSPS) is 23.4. The third-order valence-electron chi connectivity index (χ3n) is 2.88. The summed E-state index contributed by atoms with van der Waals surface area (Å²) in [6, 6.07) is 10.1. The Hall–Kier alpha value is -1.91. The molecular formula is C12H10N2O. The lowest BCUT2D eigenvalue weighted by Gasteiger charge is -2.27. The molecule has 0 amide bonds. The van der Waals surface area contributed by atoms with Crippen LogP contribution >= 0.6 is 0 Å². The van der Waals surface area contributed by atoms with Crippen molar-refractivity contribution in [2.24, 2.45) is 4.99 Å². The topological polar surface area (TPSA) is 53.2 Å². The summed E-state index contributed by atoms with van der Waals surface area (Å²) in [5.41, 5.74) is 1.49. The molecule has 1 aromatic carbocycles. The molecule has 1 unspecified atom stereocenters. The summed E-state index contributed by atoms with van der Waals surface area (Å²) in [5.74, 6) is 0. The summed E-state index contributed by atoms with van der Waals surface area (Å²) >= 11 is 0. The van der Waals surface area contributed by atoms with Crippen LogP contribution in [0.3, 0.4) is 0 Å². The van der Waals surface area contributed by atoms with E-state index in [-0.39, 0.29) is 0 Å². The monoisotopic (exact) mass is 198 g/mol. The number of hydrogen-bond donors (Lipinski definition) is 0. The average Bonchev–Trinajstić information content (AvgIpc) is 2.29. The molecule has 0 fully saturated rings. The van der Waals surface area contributed by atoms with Crippen molar-refractivity contribution in [1.82, 2.24) is 0 Å². The van der Waals surface area contributed by atoms with Crippen LogP contribution in [0.15, 0.2) is 29.3 Å². The van der Waals surface area contributed by atoms with Gasteiger partial charge in [0.15, 0.2) is 5.54 Å². The molecule has 74 valence electrons. The van der Waals surface area contributed by atoms with Gasteiger partial charge in [-0.05, 0) is 24.0 Å². The molecule has 0 aromatic heterocycles. The Kier molecular flexibility index (Phi) is 2.37. The highest BCUT2D eigenvalue weighted by atomic mass is 16.1. The van der Waals surface area contributed by atoms with Gasteiger partial charge in [0.2, 0.25) is 6.08 Å². The average molecular weight is 198 g/mol. The number of isocyanates is 1. The van der Waals surface area contributed by atoms with Crippen molar-refractivity contribution >= 4 is 6.08 Å². The highest BCUT2D eigenvalue weighted by molar-refractivity contribution is 5.41. The first-order chi connectivity index (χ1) is 7.29. The van der Waals surface area contributed by atoms with E-state index in [1.54, 1.807) is 0 Å². The van der Waals surface area contributed by atoms with Gasteiger partial charge in [0.25, 0.3) is 0 Å². The maximum Gasteiger partial charge on any atom is 0.236 e. The Morgan fingerprint density at radius 3 is 2.73 bits per heavy atom. The van der Waals surface area contributed by atoms with Gasteiger partial charge in [-0.1, -0.05) is 24.3 Å². The lowest BCUT2D eigenvalue weighted by atomic mass is 9.79. The zero-order chi connectivity index (χ0) is 10.7. The number of aryl methyl sites for hydroxylation is 1.